The molecule has 0 aromatic heterocycles. The van der Waals surface area contributed by atoms with E-state index in [1.165, 1.54) is 33.9 Å². The quantitative estimate of drug-likeness (QED) is 0.112. The minimum atomic E-state index is -3.96. The number of aliphatic hydroxyl groups excluding tert-OH is 1. The molecular formula is C33H47N7O10S. The lowest BCUT2D eigenvalue weighted by Crippen LogP contribution is -2.57. The average molecular weight is 734 g/mol. The van der Waals surface area contributed by atoms with E-state index in [1.807, 2.05) is 0 Å². The Morgan fingerprint density at radius 3 is 2.14 bits per heavy atom. The van der Waals surface area contributed by atoms with Crippen molar-refractivity contribution in [2.75, 3.05) is 46.2 Å². The highest BCUT2D eigenvalue weighted by molar-refractivity contribution is 7.88. The predicted molar refractivity (Wildman–Crippen MR) is 187 cm³/mol. The number of rotatable bonds is 14. The van der Waals surface area contributed by atoms with Crippen molar-refractivity contribution in [1.82, 2.24) is 25.6 Å². The fourth-order valence-electron chi connectivity index (χ4n) is 5.30. The van der Waals surface area contributed by atoms with Gasteiger partial charge < -0.3 is 46.9 Å². The van der Waals surface area contributed by atoms with Gasteiger partial charge in [0.05, 0.1) is 18.9 Å². The normalized spacial score (nSPS) is 19.0. The monoisotopic (exact) mass is 733 g/mol. The van der Waals surface area contributed by atoms with Crippen LogP contribution >= 0.6 is 0 Å². The van der Waals surface area contributed by atoms with Crippen molar-refractivity contribution in [3.63, 3.8) is 0 Å². The molecule has 2 aromatic rings. The summed E-state index contributed by atoms with van der Waals surface area (Å²) in [5.74, 6) is -2.79. The molecule has 3 rings (SSSR count). The largest absolute Gasteiger partial charge is 0.492 e. The number of hydrogen-bond donors (Lipinski definition) is 7. The van der Waals surface area contributed by atoms with Crippen LogP contribution in [0.25, 0.3) is 11.1 Å². The third-order valence-electron chi connectivity index (χ3n) is 8.02. The molecule has 5 atom stereocenters. The maximum Gasteiger partial charge on any atom is 0.248 e. The first kappa shape index (κ1) is 40.8. The summed E-state index contributed by atoms with van der Waals surface area (Å²) in [4.78, 5) is 67.5. The minimum Gasteiger partial charge on any atom is -0.492 e. The van der Waals surface area contributed by atoms with E-state index < -0.39 is 70.5 Å². The summed E-state index contributed by atoms with van der Waals surface area (Å²) < 4.78 is 38.0. The molecular weight excluding hydrogens is 686 g/mol. The maximum absolute atomic E-state index is 14.1. The minimum absolute atomic E-state index is 0.0263. The van der Waals surface area contributed by atoms with Crippen molar-refractivity contribution in [3.8, 4) is 22.6 Å². The number of carbonyl (C=O) groups is 5. The van der Waals surface area contributed by atoms with Crippen LogP contribution in [0.3, 0.4) is 0 Å². The standard InChI is InChI=1S/C33H47N7O10S/c1-18(20(3)42)36-31(44)25-15-21-6-8-27(49-12-10-34)23(14-21)24-16-22(7-9-28(24)50-13-11-35)29(32(45)37-19(2)30(43)38-25)40(4)33(46)26(17-41)39-51(5,47)48/h6-9,14,16,18-19,25-26,29,39,41H,10-13,15,17,34-35H2,1-5H3,(H,36,44)(H,37,45)(H,38,43)/t18-,19-,25-,26-,29-/m0/s1. The van der Waals surface area contributed by atoms with Crippen molar-refractivity contribution in [2.24, 2.45) is 11.5 Å². The third kappa shape index (κ3) is 10.9. The van der Waals surface area contributed by atoms with Gasteiger partial charge in [-0.05, 0) is 56.2 Å². The summed E-state index contributed by atoms with van der Waals surface area (Å²) in [6.07, 6.45) is 0.790. The molecule has 18 heteroatoms. The third-order valence-corrected chi connectivity index (χ3v) is 8.73. The molecule has 2 aromatic carbocycles. The van der Waals surface area contributed by atoms with Crippen LogP contribution in [0.2, 0.25) is 0 Å². The van der Waals surface area contributed by atoms with E-state index in [-0.39, 0.29) is 44.1 Å². The van der Waals surface area contributed by atoms with Crippen LogP contribution in [0, 0.1) is 0 Å². The zero-order valence-corrected chi connectivity index (χ0v) is 30.0. The summed E-state index contributed by atoms with van der Waals surface area (Å²) in [6.45, 7) is 3.89. The van der Waals surface area contributed by atoms with Gasteiger partial charge in [0, 0.05) is 37.7 Å². The van der Waals surface area contributed by atoms with Gasteiger partial charge in [0.2, 0.25) is 33.7 Å². The van der Waals surface area contributed by atoms with Gasteiger partial charge in [-0.1, -0.05) is 12.1 Å². The van der Waals surface area contributed by atoms with Crippen LogP contribution in [-0.2, 0) is 40.4 Å². The van der Waals surface area contributed by atoms with Gasteiger partial charge in [0.15, 0.2) is 5.78 Å². The topological polar surface area (TPSA) is 262 Å². The molecule has 9 N–H and O–H groups in total. The van der Waals surface area contributed by atoms with Gasteiger partial charge in [-0.15, -0.1) is 0 Å². The van der Waals surface area contributed by atoms with Crippen molar-refractivity contribution in [3.05, 3.63) is 47.5 Å². The van der Waals surface area contributed by atoms with E-state index >= 15 is 0 Å². The molecule has 1 aliphatic rings. The van der Waals surface area contributed by atoms with Gasteiger partial charge in [0.1, 0.15) is 48.9 Å². The lowest BCUT2D eigenvalue weighted by Gasteiger charge is -2.32. The van der Waals surface area contributed by atoms with Crippen molar-refractivity contribution < 1.29 is 47.0 Å². The summed E-state index contributed by atoms with van der Waals surface area (Å²) >= 11 is 0. The van der Waals surface area contributed by atoms with E-state index in [4.69, 9.17) is 20.9 Å². The highest BCUT2D eigenvalue weighted by Crippen LogP contribution is 2.40. The molecule has 0 fully saturated rings. The highest BCUT2D eigenvalue weighted by Gasteiger charge is 2.36. The Balaban J connectivity index is 2.31. The first-order chi connectivity index (χ1) is 24.0. The molecule has 0 aliphatic carbocycles. The van der Waals surface area contributed by atoms with E-state index in [1.54, 1.807) is 30.3 Å². The molecule has 4 bridgehead atoms. The fraction of sp³-hybridized carbons (Fsp3) is 0.485. The molecule has 0 saturated heterocycles. The van der Waals surface area contributed by atoms with E-state index in [2.05, 4.69) is 20.7 Å². The van der Waals surface area contributed by atoms with Crippen LogP contribution in [0.5, 0.6) is 11.5 Å². The summed E-state index contributed by atoms with van der Waals surface area (Å²) in [5.41, 5.74) is 13.1. The number of benzene rings is 2. The Hall–Kier alpha value is -4.62. The summed E-state index contributed by atoms with van der Waals surface area (Å²) in [5, 5.41) is 17.8. The highest BCUT2D eigenvalue weighted by atomic mass is 32.2. The van der Waals surface area contributed by atoms with Gasteiger partial charge in [-0.25, -0.2) is 13.1 Å². The molecule has 4 amide bonds. The van der Waals surface area contributed by atoms with E-state index in [9.17, 15) is 37.5 Å². The smallest absolute Gasteiger partial charge is 0.248 e. The second kappa shape index (κ2) is 18.0. The molecule has 0 saturated carbocycles. The molecule has 17 nitrogen and oxygen atoms in total. The van der Waals surface area contributed by atoms with Crippen LogP contribution in [-0.4, -0.2) is 118 Å². The van der Waals surface area contributed by atoms with E-state index in [0.717, 1.165) is 11.2 Å². The molecule has 0 unspecified atom stereocenters. The summed E-state index contributed by atoms with van der Waals surface area (Å²) in [7, 11) is -2.71. The Kier molecular flexibility index (Phi) is 14.4. The number of aliphatic hydroxyl groups is 1. The number of Topliss-reactive ketones (excluding diaryl/α,β-unsaturated/α-hetero) is 1. The molecule has 1 aliphatic heterocycles. The van der Waals surface area contributed by atoms with Crippen LogP contribution in [0.4, 0.5) is 0 Å². The molecule has 0 radical (unpaired) electrons. The summed E-state index contributed by atoms with van der Waals surface area (Å²) in [6, 6.07) is 3.35. The van der Waals surface area contributed by atoms with Crippen LogP contribution in [0.1, 0.15) is 37.9 Å². The number of carbonyl (C=O) groups excluding carboxylic acids is 5. The molecule has 280 valence electrons. The Labute approximate surface area is 296 Å². The van der Waals surface area contributed by atoms with Gasteiger partial charge in [-0.3, -0.25) is 24.0 Å². The first-order valence-electron chi connectivity index (χ1n) is 16.2. The Morgan fingerprint density at radius 2 is 1.59 bits per heavy atom. The lowest BCUT2D eigenvalue weighted by molar-refractivity contribution is -0.142. The van der Waals surface area contributed by atoms with Crippen LogP contribution < -0.4 is 41.6 Å². The zero-order valence-electron chi connectivity index (χ0n) is 29.2. The number of likely N-dealkylation sites (N-methyl/N-ethyl adjacent to an activating group) is 1. The number of nitrogens with zero attached hydrogens (tertiary/aromatic N) is 1. The number of sulfonamides is 1. The number of amides is 4. The average Bonchev–Trinajstić information content (AvgIpc) is 3.07. The number of ether oxygens (including phenoxy) is 2. The van der Waals surface area contributed by atoms with Gasteiger partial charge >= 0.3 is 0 Å². The Morgan fingerprint density at radius 1 is 1.00 bits per heavy atom. The zero-order chi connectivity index (χ0) is 38.0. The number of fused-ring (bicyclic) bond motifs is 5. The van der Waals surface area contributed by atoms with Crippen molar-refractivity contribution in [2.45, 2.75) is 57.4 Å². The second-order valence-electron chi connectivity index (χ2n) is 12.2. The maximum atomic E-state index is 14.1. The fourth-order valence-corrected chi connectivity index (χ4v) is 5.99. The Bertz CT molecular complexity index is 1720. The van der Waals surface area contributed by atoms with Crippen molar-refractivity contribution in [1.29, 1.82) is 0 Å². The second-order valence-corrected chi connectivity index (χ2v) is 14.0. The van der Waals surface area contributed by atoms with Gasteiger partial charge in [-0.2, -0.15) is 0 Å². The lowest BCUT2D eigenvalue weighted by atomic mass is 9.93. The SMILES string of the molecule is CC(=O)[C@H](C)NC(=O)[C@@H]1Cc2ccc(OCCN)c(c2)-c2cc(ccc2OCCN)[C@H](N(C)C(=O)[C@H](CO)NS(C)(=O)=O)C(=O)N[C@@H](C)C(=O)N1. The first-order valence-corrected chi connectivity index (χ1v) is 18.1. The number of nitrogens with two attached hydrogens (primary N) is 2. The number of nitrogens with one attached hydrogen (secondary N) is 4. The van der Waals surface area contributed by atoms with Crippen molar-refractivity contribution >= 4 is 39.4 Å². The predicted octanol–water partition coefficient (Wildman–Crippen LogP) is -1.92. The number of hydrogen-bond acceptors (Lipinski definition) is 12. The van der Waals surface area contributed by atoms with Crippen LogP contribution in [0.15, 0.2) is 36.4 Å². The number of ketones is 1. The van der Waals surface area contributed by atoms with E-state index in [0.29, 0.717) is 28.2 Å². The molecule has 51 heavy (non-hydrogen) atoms. The van der Waals surface area contributed by atoms with Gasteiger partial charge in [0.25, 0.3) is 0 Å². The molecule has 0 spiro atoms. The molecule has 1 heterocycles.